The van der Waals surface area contributed by atoms with E-state index in [0.29, 0.717) is 23.0 Å². The van der Waals surface area contributed by atoms with Crippen molar-refractivity contribution in [1.29, 1.82) is 0 Å². The number of nitrogens with one attached hydrogen (secondary N) is 1. The van der Waals surface area contributed by atoms with E-state index in [9.17, 15) is 23.8 Å². The highest BCUT2D eigenvalue weighted by Gasteiger charge is 2.34. The fourth-order valence-corrected chi connectivity index (χ4v) is 2.95. The Bertz CT molecular complexity index is 774. The van der Waals surface area contributed by atoms with Crippen molar-refractivity contribution in [3.05, 3.63) is 30.5 Å². The Hall–Kier alpha value is -2.52. The van der Waals surface area contributed by atoms with Gasteiger partial charge < -0.3 is 25.2 Å². The lowest BCUT2D eigenvalue weighted by molar-refractivity contribution is -0.0488. The molecular formula is C16H17F2N3O4. The van der Waals surface area contributed by atoms with Crippen LogP contribution in [0.2, 0.25) is 0 Å². The molecule has 0 radical (unpaired) electrons. The van der Waals surface area contributed by atoms with Gasteiger partial charge in [-0.1, -0.05) is 0 Å². The number of benzene rings is 1. The summed E-state index contributed by atoms with van der Waals surface area (Å²) in [5.74, 6) is -0.0408. The molecule has 7 nitrogen and oxygen atoms in total. The Labute approximate surface area is 141 Å². The SMILES string of the molecule is O=C(Nc1ccc(OC(F)F)c2cccnc12)N1C[C@@H](O)C[C@H]1CO. The predicted octanol–water partition coefficient (Wildman–Crippen LogP) is 1.80. The number of ether oxygens (including phenoxy) is 1. The number of urea groups is 1. The maximum Gasteiger partial charge on any atom is 0.387 e. The number of amides is 2. The minimum Gasteiger partial charge on any atom is -0.434 e. The molecule has 0 spiro atoms. The van der Waals surface area contributed by atoms with E-state index in [1.165, 1.54) is 23.2 Å². The van der Waals surface area contributed by atoms with E-state index in [-0.39, 0.29) is 18.9 Å². The van der Waals surface area contributed by atoms with Crippen LogP contribution >= 0.6 is 0 Å². The van der Waals surface area contributed by atoms with Gasteiger partial charge in [0.2, 0.25) is 0 Å². The van der Waals surface area contributed by atoms with Gasteiger partial charge in [0.05, 0.1) is 30.0 Å². The Morgan fingerprint density at radius 1 is 1.44 bits per heavy atom. The summed E-state index contributed by atoms with van der Waals surface area (Å²) in [6, 6.07) is 4.90. The lowest BCUT2D eigenvalue weighted by Gasteiger charge is -2.23. The largest absolute Gasteiger partial charge is 0.434 e. The van der Waals surface area contributed by atoms with E-state index in [0.717, 1.165) is 0 Å². The van der Waals surface area contributed by atoms with E-state index < -0.39 is 24.8 Å². The number of aliphatic hydroxyl groups is 2. The summed E-state index contributed by atoms with van der Waals surface area (Å²) in [6.45, 7) is -3.13. The first kappa shape index (κ1) is 17.3. The molecule has 1 aromatic heterocycles. The molecule has 2 amide bonds. The van der Waals surface area contributed by atoms with Crippen LogP contribution in [0.4, 0.5) is 19.3 Å². The summed E-state index contributed by atoms with van der Waals surface area (Å²) >= 11 is 0. The Morgan fingerprint density at radius 3 is 2.96 bits per heavy atom. The maximum atomic E-state index is 12.5. The number of hydrogen-bond acceptors (Lipinski definition) is 5. The normalized spacial score (nSPS) is 20.3. The first-order chi connectivity index (χ1) is 12.0. The summed E-state index contributed by atoms with van der Waals surface area (Å²) in [5.41, 5.74) is 0.620. The highest BCUT2D eigenvalue weighted by molar-refractivity contribution is 6.01. The third-order valence-corrected chi connectivity index (χ3v) is 4.05. The zero-order valence-corrected chi connectivity index (χ0v) is 13.1. The number of likely N-dealkylation sites (tertiary alicyclic amines) is 1. The number of nitrogens with zero attached hydrogens (tertiary/aromatic N) is 2. The van der Waals surface area contributed by atoms with Crippen molar-refractivity contribution in [3.8, 4) is 5.75 Å². The number of halogens is 2. The first-order valence-electron chi connectivity index (χ1n) is 7.68. The third kappa shape index (κ3) is 3.62. The molecule has 25 heavy (non-hydrogen) atoms. The summed E-state index contributed by atoms with van der Waals surface area (Å²) < 4.78 is 29.5. The van der Waals surface area contributed by atoms with Crippen LogP contribution in [-0.4, -0.2) is 58.0 Å². The Morgan fingerprint density at radius 2 is 2.24 bits per heavy atom. The monoisotopic (exact) mass is 353 g/mol. The fourth-order valence-electron chi connectivity index (χ4n) is 2.95. The average molecular weight is 353 g/mol. The van der Waals surface area contributed by atoms with Gasteiger partial charge in [0.15, 0.2) is 0 Å². The van der Waals surface area contributed by atoms with E-state index in [1.807, 2.05) is 0 Å². The number of rotatable bonds is 4. The average Bonchev–Trinajstić information content (AvgIpc) is 2.98. The van der Waals surface area contributed by atoms with Gasteiger partial charge in [-0.3, -0.25) is 4.98 Å². The smallest absolute Gasteiger partial charge is 0.387 e. The minimum atomic E-state index is -2.97. The van der Waals surface area contributed by atoms with Crippen LogP contribution in [0.1, 0.15) is 6.42 Å². The number of carbonyl (C=O) groups excluding carboxylic acids is 1. The number of hydrogen-bond donors (Lipinski definition) is 3. The first-order valence-corrected chi connectivity index (χ1v) is 7.68. The number of fused-ring (bicyclic) bond motifs is 1. The van der Waals surface area contributed by atoms with Gasteiger partial charge in [0.1, 0.15) is 5.75 Å². The summed E-state index contributed by atoms with van der Waals surface area (Å²) in [5, 5.41) is 22.0. The van der Waals surface area contributed by atoms with E-state index in [4.69, 9.17) is 0 Å². The van der Waals surface area contributed by atoms with Crippen LogP contribution in [0.3, 0.4) is 0 Å². The van der Waals surface area contributed by atoms with Gasteiger partial charge in [-0.05, 0) is 30.7 Å². The van der Waals surface area contributed by atoms with E-state index >= 15 is 0 Å². The van der Waals surface area contributed by atoms with Crippen LogP contribution in [0.15, 0.2) is 30.5 Å². The second kappa shape index (κ2) is 7.16. The standard InChI is InChI=1S/C16H17F2N3O4/c17-15(18)25-13-4-3-12(14-11(13)2-1-5-19-14)20-16(24)21-7-10(23)6-9(21)8-22/h1-5,9-10,15,22-23H,6-8H2,(H,20,24)/t9-,10-/m0/s1. The molecule has 2 atom stereocenters. The molecule has 1 aliphatic rings. The van der Waals surface area contributed by atoms with Crippen LogP contribution in [0, 0.1) is 0 Å². The number of aromatic nitrogens is 1. The van der Waals surface area contributed by atoms with Crippen LogP contribution in [0.5, 0.6) is 5.75 Å². The molecule has 3 N–H and O–H groups in total. The molecule has 1 aliphatic heterocycles. The minimum absolute atomic E-state index is 0.0408. The Balaban J connectivity index is 1.88. The number of anilines is 1. The van der Waals surface area contributed by atoms with Crippen molar-refractivity contribution >= 4 is 22.6 Å². The maximum absolute atomic E-state index is 12.5. The lowest BCUT2D eigenvalue weighted by atomic mass is 10.1. The quantitative estimate of drug-likeness (QED) is 0.779. The molecule has 9 heteroatoms. The molecule has 2 heterocycles. The van der Waals surface area contributed by atoms with Crippen molar-refractivity contribution in [2.24, 2.45) is 0 Å². The molecule has 134 valence electrons. The van der Waals surface area contributed by atoms with Crippen LogP contribution in [-0.2, 0) is 0 Å². The second-order valence-corrected chi connectivity index (χ2v) is 5.70. The topological polar surface area (TPSA) is 94.9 Å². The van der Waals surface area contributed by atoms with Crippen molar-refractivity contribution in [1.82, 2.24) is 9.88 Å². The molecule has 0 unspecified atom stereocenters. The zero-order chi connectivity index (χ0) is 18.0. The zero-order valence-electron chi connectivity index (χ0n) is 13.1. The summed E-state index contributed by atoms with van der Waals surface area (Å²) in [6.07, 6.45) is 1.07. The summed E-state index contributed by atoms with van der Waals surface area (Å²) in [7, 11) is 0. The van der Waals surface area contributed by atoms with Crippen LogP contribution < -0.4 is 10.1 Å². The van der Waals surface area contributed by atoms with Crippen molar-refractivity contribution in [3.63, 3.8) is 0 Å². The number of carbonyl (C=O) groups is 1. The number of alkyl halides is 2. The van der Waals surface area contributed by atoms with Gasteiger partial charge in [-0.25, -0.2) is 4.79 Å². The number of pyridine rings is 1. The predicted molar refractivity (Wildman–Crippen MR) is 85.6 cm³/mol. The highest BCUT2D eigenvalue weighted by atomic mass is 19.3. The molecule has 3 rings (SSSR count). The molecule has 0 saturated carbocycles. The van der Waals surface area contributed by atoms with E-state index in [2.05, 4.69) is 15.0 Å². The fraction of sp³-hybridized carbons (Fsp3) is 0.375. The van der Waals surface area contributed by atoms with Crippen molar-refractivity contribution < 1.29 is 28.5 Å². The van der Waals surface area contributed by atoms with Gasteiger partial charge in [0, 0.05) is 18.1 Å². The molecule has 0 aliphatic carbocycles. The molecule has 1 saturated heterocycles. The molecule has 1 fully saturated rings. The van der Waals surface area contributed by atoms with Gasteiger partial charge in [-0.15, -0.1) is 0 Å². The Kier molecular flexibility index (Phi) is 4.95. The molecular weight excluding hydrogens is 336 g/mol. The van der Waals surface area contributed by atoms with Crippen LogP contribution in [0.25, 0.3) is 10.9 Å². The van der Waals surface area contributed by atoms with Gasteiger partial charge in [-0.2, -0.15) is 8.78 Å². The number of aliphatic hydroxyl groups excluding tert-OH is 2. The molecule has 0 bridgehead atoms. The number of β-amino-alcohol motifs (C(OH)–C–C–N with tert-alkyl or cyclic N) is 1. The van der Waals surface area contributed by atoms with Gasteiger partial charge in [0.25, 0.3) is 0 Å². The highest BCUT2D eigenvalue weighted by Crippen LogP contribution is 2.31. The van der Waals surface area contributed by atoms with Crippen molar-refractivity contribution in [2.45, 2.75) is 25.2 Å². The third-order valence-electron chi connectivity index (χ3n) is 4.05. The molecule has 1 aromatic carbocycles. The van der Waals surface area contributed by atoms with Gasteiger partial charge >= 0.3 is 12.6 Å². The second-order valence-electron chi connectivity index (χ2n) is 5.70. The molecule has 2 aromatic rings. The van der Waals surface area contributed by atoms with E-state index in [1.54, 1.807) is 12.1 Å². The van der Waals surface area contributed by atoms with Crippen molar-refractivity contribution in [2.75, 3.05) is 18.5 Å². The summed E-state index contributed by atoms with van der Waals surface area (Å²) in [4.78, 5) is 17.9. The lowest BCUT2D eigenvalue weighted by Crippen LogP contribution is -2.40.